The number of ketones is 1. The average molecular weight is 1620 g/mol. The fraction of sp³-hybridized carbons (Fsp3) is 0.878. The monoisotopic (exact) mass is 1610 g/mol. The maximum Gasteiger partial charge on any atom is 0.312 e. The van der Waals surface area contributed by atoms with Gasteiger partial charge in [0, 0.05) is 29.6 Å². The Hall–Kier alpha value is -5.25. The zero-order chi connectivity index (χ0) is 84.6. The van der Waals surface area contributed by atoms with E-state index < -0.39 is 115 Å². The first-order valence-corrected chi connectivity index (χ1v) is 45.8. The van der Waals surface area contributed by atoms with E-state index in [2.05, 4.69) is 37.1 Å². The minimum atomic E-state index is -3.83. The molecule has 12 bridgehead atoms. The van der Waals surface area contributed by atoms with Crippen molar-refractivity contribution in [1.29, 1.82) is 0 Å². The van der Waals surface area contributed by atoms with Gasteiger partial charge in [-0.25, -0.2) is 25.3 Å². The van der Waals surface area contributed by atoms with Crippen LogP contribution in [0.25, 0.3) is 0 Å². The summed E-state index contributed by atoms with van der Waals surface area (Å²) >= 11 is 0. The standard InChI is InChI=1S/C17H26O4.C16H27NO4S.C15H24O4.C11H19NO3S.C10H16O2.C7H15NO3S.C6H12O2/c1-4-15(2,3)14(20)21-17-8-11-5-12(9-17)7-16(6-11,10-17)13(18)19;1-6-14(2,3)13(19)17-22(20,21)10-16-8-7-11(9-12(16)18)15(16,4)5;1-5-14(2,3)13(18)19-15(4)8-9-6-10(15)7-11(9)12(16)17;1-6-7(2)9-4-8(6)5-10(9)11(13)12-16(3,14)15;1-5-6(2)8-3-7(5)4-9(8)10(11)12;1-5-7(2,3)6(9)8-12(4,10)11;1-4-6(2,3)5(7)8/h11-12H,4-10H2,1-3H3,(H,18,19);11H,6-10H2,1-5H3,(H,17,19);9-11H,5-8H2,1-4H3,(H,16,17);6-10H,4-5H2,1-3H3,(H,12,13);5-9H,3-4H2,1-2H3,(H,11,12);5H2,1-4H3,(H,8,9);4H2,1-3H3,(H,7,8). The summed E-state index contributed by atoms with van der Waals surface area (Å²) in [7, 11) is -10.6. The maximum absolute atomic E-state index is 12.5. The van der Waals surface area contributed by atoms with Crippen molar-refractivity contribution in [3.8, 4) is 0 Å². The lowest BCUT2D eigenvalue weighted by molar-refractivity contribution is -0.215. The highest BCUT2D eigenvalue weighted by atomic mass is 32.2. The topological polar surface area (TPSA) is 409 Å². The molecule has 12 fully saturated rings. The lowest BCUT2D eigenvalue weighted by Crippen LogP contribution is -2.60. The van der Waals surface area contributed by atoms with Crippen LogP contribution in [0.1, 0.15) is 287 Å². The molecule has 18 unspecified atom stereocenters. The maximum atomic E-state index is 12.5. The zero-order valence-electron chi connectivity index (χ0n) is 70.7. The second-order valence-electron chi connectivity index (χ2n) is 39.5. The van der Waals surface area contributed by atoms with Crippen LogP contribution in [0.4, 0.5) is 0 Å². The van der Waals surface area contributed by atoms with E-state index in [0.717, 1.165) is 95.5 Å². The van der Waals surface area contributed by atoms with Crippen LogP contribution < -0.4 is 14.2 Å². The highest BCUT2D eigenvalue weighted by Gasteiger charge is 2.67. The Balaban J connectivity index is 0.000000234. The summed E-state index contributed by atoms with van der Waals surface area (Å²) < 4.78 is 86.4. The molecule has 0 saturated heterocycles. The van der Waals surface area contributed by atoms with Crippen molar-refractivity contribution in [2.45, 2.75) is 298 Å². The van der Waals surface area contributed by atoms with Gasteiger partial charge < -0.3 is 29.9 Å². The van der Waals surface area contributed by atoms with Crippen molar-refractivity contribution in [3.63, 3.8) is 0 Å². The number of fused-ring (bicyclic) bond motifs is 8. The van der Waals surface area contributed by atoms with Crippen LogP contribution in [0.3, 0.4) is 0 Å². The summed E-state index contributed by atoms with van der Waals surface area (Å²) in [4.78, 5) is 116. The van der Waals surface area contributed by atoms with Gasteiger partial charge in [0.05, 0.1) is 57.2 Å². The third kappa shape index (κ3) is 21.8. The van der Waals surface area contributed by atoms with Crippen LogP contribution in [0.5, 0.6) is 0 Å². The number of amides is 3. The van der Waals surface area contributed by atoms with Gasteiger partial charge in [0.15, 0.2) is 0 Å². The first-order chi connectivity index (χ1) is 49.9. The van der Waals surface area contributed by atoms with E-state index in [0.29, 0.717) is 105 Å². The highest BCUT2D eigenvalue weighted by Crippen LogP contribution is 2.66. The molecule has 12 aliphatic rings. The van der Waals surface area contributed by atoms with Crippen LogP contribution in [0.15, 0.2) is 0 Å². The number of hydrogen-bond acceptors (Lipinski definition) is 18. The van der Waals surface area contributed by atoms with Gasteiger partial charge >= 0.3 is 35.8 Å². The Morgan fingerprint density at radius 2 is 0.909 bits per heavy atom. The smallest absolute Gasteiger partial charge is 0.312 e. The molecular weight excluding hydrogens is 1480 g/mol. The van der Waals surface area contributed by atoms with E-state index in [1.807, 2.05) is 87.8 Å². The molecule has 0 radical (unpaired) electrons. The summed E-state index contributed by atoms with van der Waals surface area (Å²) in [6.07, 6.45) is 18.5. The van der Waals surface area contributed by atoms with Gasteiger partial charge in [-0.3, -0.25) is 62.1 Å². The molecule has 0 aliphatic heterocycles. The second kappa shape index (κ2) is 34.7. The molecule has 0 aromatic heterocycles. The van der Waals surface area contributed by atoms with Gasteiger partial charge in [-0.05, 0) is 253 Å². The van der Waals surface area contributed by atoms with Crippen LogP contribution in [0, 0.1) is 138 Å². The van der Waals surface area contributed by atoms with Gasteiger partial charge in [-0.1, -0.05) is 104 Å². The predicted octanol–water partition coefficient (Wildman–Crippen LogP) is 13.5. The van der Waals surface area contributed by atoms with E-state index >= 15 is 0 Å². The van der Waals surface area contributed by atoms with Gasteiger partial charge in [0.1, 0.15) is 17.0 Å². The molecule has 12 rings (SSSR count). The number of hydrogen-bond donors (Lipinski definition) is 7. The summed E-state index contributed by atoms with van der Waals surface area (Å²) in [6, 6.07) is 0. The van der Waals surface area contributed by atoms with Crippen molar-refractivity contribution < 1.29 is 103 Å². The van der Waals surface area contributed by atoms with E-state index in [-0.39, 0.29) is 70.3 Å². The molecule has 28 heteroatoms. The fourth-order valence-electron chi connectivity index (χ4n) is 19.7. The van der Waals surface area contributed by atoms with Crippen molar-refractivity contribution in [1.82, 2.24) is 14.2 Å². The molecule has 0 spiro atoms. The van der Waals surface area contributed by atoms with Crippen LogP contribution >= 0.6 is 0 Å². The number of Topliss-reactive ketones (excluding diaryl/α,β-unsaturated/α-hetero) is 1. The third-order valence-corrected chi connectivity index (χ3v) is 32.3. The molecular formula is C82H139N3O22S3. The number of nitrogens with one attached hydrogen (secondary N) is 3. The Morgan fingerprint density at radius 1 is 0.482 bits per heavy atom. The quantitative estimate of drug-likeness (QED) is 0.0525. The normalized spacial score (nSPS) is 34.4. The van der Waals surface area contributed by atoms with Crippen LogP contribution in [-0.4, -0.2) is 134 Å². The molecule has 632 valence electrons. The largest absolute Gasteiger partial charge is 0.481 e. The van der Waals surface area contributed by atoms with Gasteiger partial charge in [0.25, 0.3) is 0 Å². The summed E-state index contributed by atoms with van der Waals surface area (Å²) in [5.74, 6) is 1.40. The molecule has 25 nitrogen and oxygen atoms in total. The van der Waals surface area contributed by atoms with Gasteiger partial charge in [0.2, 0.25) is 47.8 Å². The second-order valence-corrected chi connectivity index (χ2v) is 44.7. The fourth-order valence-corrected chi connectivity index (χ4v) is 22.8. The molecule has 18 atom stereocenters. The highest BCUT2D eigenvalue weighted by molar-refractivity contribution is 7.90. The zero-order valence-corrected chi connectivity index (χ0v) is 73.1. The molecule has 110 heavy (non-hydrogen) atoms. The average Bonchev–Trinajstić information content (AvgIpc) is 1.36. The SMILES string of the molecule is CC1C2CC(C(=O)NS(C)(=O)=O)C(C2)C1C.CC1C2CC(C(=O)O)C(C2)C1C.CCC(C)(C)C(=O)NS(=O)(=O)CC12CCC(CC1=O)C2(C)C.CCC(C)(C)C(=O)NS(C)(=O)=O.CCC(C)(C)C(=O)O.CCC(C)(C)C(=O)OC1(C)CC2CC1CC2C(=O)O.CCC(C)(C)C(=O)OC12CC3CC(C1)CC(C(=O)O)(C3)C2. The van der Waals surface area contributed by atoms with Crippen molar-refractivity contribution in [2.75, 3.05) is 18.3 Å². The van der Waals surface area contributed by atoms with Gasteiger partial charge in [-0.15, -0.1) is 0 Å². The third-order valence-electron chi connectivity index (χ3n) is 29.8. The first-order valence-electron chi connectivity index (χ1n) is 40.4. The Morgan fingerprint density at radius 3 is 1.25 bits per heavy atom. The van der Waals surface area contributed by atoms with Crippen LogP contribution in [0.2, 0.25) is 0 Å². The number of carboxylic acid groups (broad SMARTS) is 4. The lowest BCUT2D eigenvalue weighted by atomic mass is 9.48. The summed E-state index contributed by atoms with van der Waals surface area (Å²) in [5.41, 5.74) is -5.60. The van der Waals surface area contributed by atoms with E-state index in [4.69, 9.17) is 24.8 Å². The van der Waals surface area contributed by atoms with Crippen molar-refractivity contribution >= 4 is 89.4 Å². The molecule has 0 heterocycles. The number of ether oxygens (including phenoxy) is 2. The van der Waals surface area contributed by atoms with E-state index in [1.165, 1.54) is 6.42 Å². The number of aliphatic carboxylic acids is 4. The Kier molecular flexibility index (Phi) is 30.0. The number of sulfonamides is 3. The Bertz CT molecular complexity index is 3750. The number of esters is 2. The number of carbonyl (C=O) groups is 10. The number of carbonyl (C=O) groups excluding carboxylic acids is 6. The van der Waals surface area contributed by atoms with E-state index in [9.17, 15) is 78.3 Å². The molecule has 0 aromatic rings. The molecule has 0 aromatic carbocycles. The molecule has 7 N–H and O–H groups in total. The van der Waals surface area contributed by atoms with Crippen molar-refractivity contribution in [3.05, 3.63) is 0 Å². The molecule has 3 amide bonds. The lowest BCUT2D eigenvalue weighted by Gasteiger charge is -2.59. The minimum Gasteiger partial charge on any atom is -0.481 e. The minimum absolute atomic E-state index is 0.0267. The van der Waals surface area contributed by atoms with E-state index in [1.54, 1.807) is 41.5 Å². The van der Waals surface area contributed by atoms with Crippen LogP contribution in [-0.2, 0) is 87.5 Å². The Labute approximate surface area is 657 Å². The molecule has 12 saturated carbocycles. The van der Waals surface area contributed by atoms with Crippen molar-refractivity contribution in [2.24, 2.45) is 138 Å². The number of rotatable bonds is 21. The predicted molar refractivity (Wildman–Crippen MR) is 418 cm³/mol. The first kappa shape index (κ1) is 95.3. The summed E-state index contributed by atoms with van der Waals surface area (Å²) in [6.45, 7) is 42.2. The molecule has 12 aliphatic carbocycles. The summed E-state index contributed by atoms with van der Waals surface area (Å²) in [5, 5.41) is 36.2. The number of carboxylic acids is 4. The van der Waals surface area contributed by atoms with Gasteiger partial charge in [-0.2, -0.15) is 0 Å².